The molecule has 3 heterocycles. The number of benzene rings is 1. The molecule has 0 radical (unpaired) electrons. The van der Waals surface area contributed by atoms with Crippen LogP contribution in [0.3, 0.4) is 0 Å². The number of aromatic nitrogens is 3. The normalized spacial score (nSPS) is 11.7. The first-order valence-corrected chi connectivity index (χ1v) is 10.4. The summed E-state index contributed by atoms with van der Waals surface area (Å²) in [6.45, 7) is 0.625. The van der Waals surface area contributed by atoms with Gasteiger partial charge in [-0.15, -0.1) is 11.3 Å². The molecular weight excluding hydrogens is 445 g/mol. The number of hydrogen-bond donors (Lipinski definition) is 1. The molecule has 0 saturated carbocycles. The highest BCUT2D eigenvalue weighted by Gasteiger charge is 2.34. The Balaban J connectivity index is 1.35. The Morgan fingerprint density at radius 1 is 1.07 bits per heavy atom. The maximum atomic E-state index is 12.6. The number of nitrogens with zero attached hydrogens (tertiary/aromatic N) is 3. The van der Waals surface area contributed by atoms with E-state index in [4.69, 9.17) is 16.3 Å². The Morgan fingerprint density at radius 3 is 2.59 bits per heavy atom. The average Bonchev–Trinajstić information content (AvgIpc) is 3.31. The van der Waals surface area contributed by atoms with Gasteiger partial charge in [-0.1, -0.05) is 35.1 Å². The van der Waals surface area contributed by atoms with Gasteiger partial charge in [0.25, 0.3) is 5.19 Å². The van der Waals surface area contributed by atoms with E-state index in [1.54, 1.807) is 12.1 Å². The summed E-state index contributed by atoms with van der Waals surface area (Å²) in [7, 11) is 0. The third kappa shape index (κ3) is 4.60. The predicted octanol–water partition coefficient (Wildman–Crippen LogP) is 6.27. The summed E-state index contributed by atoms with van der Waals surface area (Å²) in [6, 6.07) is 7.09. The first-order valence-electron chi connectivity index (χ1n) is 8.31. The number of fused-ring (bicyclic) bond motifs is 1. The van der Waals surface area contributed by atoms with Gasteiger partial charge < -0.3 is 10.1 Å². The van der Waals surface area contributed by atoms with E-state index in [0.717, 1.165) is 32.5 Å². The quantitative estimate of drug-likeness (QED) is 0.370. The van der Waals surface area contributed by atoms with Crippen LogP contribution in [-0.4, -0.2) is 21.5 Å². The van der Waals surface area contributed by atoms with Crippen LogP contribution in [0.4, 0.5) is 19.0 Å². The van der Waals surface area contributed by atoms with Gasteiger partial charge in [-0.25, -0.2) is 9.97 Å². The molecule has 0 unspecified atom stereocenters. The number of hydrogen-bond acceptors (Lipinski definition) is 7. The largest absolute Gasteiger partial charge is 0.434 e. The Morgan fingerprint density at radius 2 is 1.86 bits per heavy atom. The second kappa shape index (κ2) is 8.13. The third-order valence-electron chi connectivity index (χ3n) is 3.93. The van der Waals surface area contributed by atoms with E-state index in [-0.39, 0.29) is 5.19 Å². The SMILES string of the molecule is FC(F)(F)c1csc(Oc2ccc(CCNc3ncnc4scc(Cl)c34)cc2)n1. The lowest BCUT2D eigenvalue weighted by Crippen LogP contribution is -2.06. The van der Waals surface area contributed by atoms with E-state index in [1.807, 2.05) is 17.5 Å². The highest BCUT2D eigenvalue weighted by atomic mass is 35.5. The molecule has 0 fully saturated rings. The zero-order valence-electron chi connectivity index (χ0n) is 14.5. The number of thiazole rings is 1. The van der Waals surface area contributed by atoms with Crippen molar-refractivity contribution in [2.24, 2.45) is 0 Å². The molecule has 0 saturated heterocycles. The van der Waals surface area contributed by atoms with Crippen LogP contribution in [0, 0.1) is 0 Å². The number of alkyl halides is 3. The maximum absolute atomic E-state index is 12.6. The van der Waals surface area contributed by atoms with Crippen LogP contribution in [0.25, 0.3) is 10.2 Å². The fourth-order valence-electron chi connectivity index (χ4n) is 2.56. The molecule has 4 rings (SSSR count). The van der Waals surface area contributed by atoms with Crippen molar-refractivity contribution < 1.29 is 17.9 Å². The van der Waals surface area contributed by atoms with Crippen LogP contribution in [0.5, 0.6) is 10.9 Å². The standard InChI is InChI=1S/C18H12ClF3N4OS2/c19-12-7-28-16-14(12)15(24-9-25-16)23-6-5-10-1-3-11(4-2-10)27-17-26-13(8-29-17)18(20,21)22/h1-4,7-9H,5-6H2,(H,23,24,25). The van der Waals surface area contributed by atoms with Crippen LogP contribution in [0.2, 0.25) is 5.02 Å². The first kappa shape index (κ1) is 19.9. The second-order valence-corrected chi connectivity index (χ2v) is 7.99. The minimum absolute atomic E-state index is 0.0489. The summed E-state index contributed by atoms with van der Waals surface area (Å²) in [6.07, 6.45) is -2.27. The van der Waals surface area contributed by atoms with E-state index in [9.17, 15) is 13.2 Å². The number of ether oxygens (including phenoxy) is 1. The molecule has 0 spiro atoms. The van der Waals surface area contributed by atoms with Crippen LogP contribution < -0.4 is 10.1 Å². The molecule has 29 heavy (non-hydrogen) atoms. The molecule has 5 nitrogen and oxygen atoms in total. The second-order valence-electron chi connectivity index (χ2n) is 5.91. The molecule has 0 aliphatic carbocycles. The fraction of sp³-hybridized carbons (Fsp3) is 0.167. The predicted molar refractivity (Wildman–Crippen MR) is 108 cm³/mol. The van der Waals surface area contributed by atoms with Gasteiger partial charge in [0.05, 0.1) is 10.4 Å². The molecule has 3 aromatic heterocycles. The van der Waals surface area contributed by atoms with Crippen LogP contribution >= 0.6 is 34.3 Å². The molecule has 11 heteroatoms. The summed E-state index contributed by atoms with van der Waals surface area (Å²) < 4.78 is 43.2. The Kier molecular flexibility index (Phi) is 5.57. The van der Waals surface area contributed by atoms with Crippen LogP contribution in [0.15, 0.2) is 41.4 Å². The smallest absolute Gasteiger partial charge is 0.431 e. The molecular formula is C18H12ClF3N4OS2. The Bertz CT molecular complexity index is 1130. The van der Waals surface area contributed by atoms with Gasteiger partial charge >= 0.3 is 6.18 Å². The van der Waals surface area contributed by atoms with E-state index in [0.29, 0.717) is 29.6 Å². The molecule has 4 aromatic rings. The number of halogens is 4. The summed E-state index contributed by atoms with van der Waals surface area (Å²) in [5.41, 5.74) is 0.0754. The fourth-order valence-corrected chi connectivity index (χ4v) is 4.39. The van der Waals surface area contributed by atoms with Gasteiger partial charge in [-0.05, 0) is 24.1 Å². The minimum atomic E-state index is -4.47. The van der Waals surface area contributed by atoms with E-state index in [2.05, 4.69) is 20.3 Å². The molecule has 0 bridgehead atoms. The lowest BCUT2D eigenvalue weighted by atomic mass is 10.1. The Labute approximate surface area is 176 Å². The van der Waals surface area contributed by atoms with Crippen molar-refractivity contribution in [2.45, 2.75) is 12.6 Å². The number of anilines is 1. The zero-order chi connectivity index (χ0) is 20.4. The van der Waals surface area contributed by atoms with Crippen molar-refractivity contribution in [1.82, 2.24) is 15.0 Å². The number of thiophene rings is 1. The zero-order valence-corrected chi connectivity index (χ0v) is 16.9. The van der Waals surface area contributed by atoms with Crippen molar-refractivity contribution in [3.8, 4) is 10.9 Å². The maximum Gasteiger partial charge on any atom is 0.434 e. The molecule has 150 valence electrons. The van der Waals surface area contributed by atoms with Gasteiger partial charge in [-0.3, -0.25) is 0 Å². The molecule has 0 aliphatic rings. The molecule has 0 aliphatic heterocycles. The highest BCUT2D eigenvalue weighted by molar-refractivity contribution is 7.17. The van der Waals surface area contributed by atoms with Crippen molar-refractivity contribution in [3.63, 3.8) is 0 Å². The number of nitrogens with one attached hydrogen (secondary N) is 1. The van der Waals surface area contributed by atoms with Crippen molar-refractivity contribution in [1.29, 1.82) is 0 Å². The number of rotatable bonds is 6. The van der Waals surface area contributed by atoms with Gasteiger partial charge in [0.15, 0.2) is 5.69 Å². The molecule has 1 N–H and O–H groups in total. The van der Waals surface area contributed by atoms with Crippen molar-refractivity contribution in [3.05, 3.63) is 57.6 Å². The summed E-state index contributed by atoms with van der Waals surface area (Å²) in [5.74, 6) is 1.11. The van der Waals surface area contributed by atoms with E-state index >= 15 is 0 Å². The average molecular weight is 457 g/mol. The van der Waals surface area contributed by atoms with E-state index in [1.165, 1.54) is 17.7 Å². The minimum Gasteiger partial charge on any atom is -0.431 e. The van der Waals surface area contributed by atoms with Gasteiger partial charge in [0.2, 0.25) is 0 Å². The topological polar surface area (TPSA) is 59.9 Å². The van der Waals surface area contributed by atoms with Crippen molar-refractivity contribution in [2.75, 3.05) is 11.9 Å². The highest BCUT2D eigenvalue weighted by Crippen LogP contribution is 2.34. The summed E-state index contributed by atoms with van der Waals surface area (Å²) >= 11 is 8.46. The van der Waals surface area contributed by atoms with Gasteiger partial charge in [0.1, 0.15) is 22.7 Å². The third-order valence-corrected chi connectivity index (χ3v) is 5.96. The lowest BCUT2D eigenvalue weighted by molar-refractivity contribution is -0.140. The molecule has 1 aromatic carbocycles. The van der Waals surface area contributed by atoms with Crippen LogP contribution in [-0.2, 0) is 12.6 Å². The summed E-state index contributed by atoms with van der Waals surface area (Å²) in [4.78, 5) is 12.7. The first-order chi connectivity index (χ1) is 13.9. The van der Waals surface area contributed by atoms with Crippen molar-refractivity contribution >= 4 is 50.3 Å². The van der Waals surface area contributed by atoms with Crippen LogP contribution in [0.1, 0.15) is 11.3 Å². The molecule has 0 atom stereocenters. The molecule has 0 amide bonds. The Hall–Kier alpha value is -2.43. The van der Waals surface area contributed by atoms with Gasteiger partial charge in [0, 0.05) is 17.3 Å². The lowest BCUT2D eigenvalue weighted by Gasteiger charge is -2.08. The monoisotopic (exact) mass is 456 g/mol. The van der Waals surface area contributed by atoms with E-state index < -0.39 is 11.9 Å². The summed E-state index contributed by atoms with van der Waals surface area (Å²) in [5, 5.41) is 7.39. The van der Waals surface area contributed by atoms with Gasteiger partial charge in [-0.2, -0.15) is 18.2 Å².